The van der Waals surface area contributed by atoms with Crippen LogP contribution in [0.4, 0.5) is 5.69 Å². The minimum atomic E-state index is 0.613. The topological polar surface area (TPSA) is 27.3 Å². The van der Waals surface area contributed by atoms with Gasteiger partial charge in [0.1, 0.15) is 0 Å². The van der Waals surface area contributed by atoms with Gasteiger partial charge in [-0.15, -0.1) is 0 Å². The van der Waals surface area contributed by atoms with Crippen LogP contribution in [0.25, 0.3) is 0 Å². The van der Waals surface area contributed by atoms with Crippen LogP contribution in [0.2, 0.25) is 5.02 Å². The van der Waals surface area contributed by atoms with Gasteiger partial charge in [0.25, 0.3) is 0 Å². The summed E-state index contributed by atoms with van der Waals surface area (Å²) >= 11 is 11.2. The molecule has 0 aliphatic carbocycles. The van der Waals surface area contributed by atoms with Crippen molar-refractivity contribution < 1.29 is 0 Å². The van der Waals surface area contributed by atoms with Gasteiger partial charge >= 0.3 is 0 Å². The minimum absolute atomic E-state index is 0.613. The van der Waals surface area contributed by atoms with E-state index < -0.39 is 0 Å². The molecule has 24 heavy (non-hydrogen) atoms. The summed E-state index contributed by atoms with van der Waals surface area (Å²) in [5.74, 6) is 0. The fourth-order valence-electron chi connectivity index (χ4n) is 2.93. The number of nitrogens with one attached hydrogen (secondary N) is 2. The first-order chi connectivity index (χ1) is 11.7. The van der Waals surface area contributed by atoms with Gasteiger partial charge < -0.3 is 10.6 Å². The molecule has 1 heterocycles. The third-order valence-corrected chi connectivity index (χ3v) is 4.65. The van der Waals surface area contributed by atoms with Gasteiger partial charge in [0.05, 0.1) is 0 Å². The molecule has 1 aliphatic heterocycles. The maximum atomic E-state index is 5.89. The van der Waals surface area contributed by atoms with Gasteiger partial charge in [0.2, 0.25) is 0 Å². The Morgan fingerprint density at radius 1 is 1.04 bits per heavy atom. The van der Waals surface area contributed by atoms with Crippen LogP contribution >= 0.6 is 23.8 Å². The number of halogens is 1. The summed E-state index contributed by atoms with van der Waals surface area (Å²) in [6.07, 6.45) is 2.65. The maximum Gasteiger partial charge on any atom is 0.171 e. The highest BCUT2D eigenvalue weighted by Gasteiger charge is 2.11. The Labute approximate surface area is 154 Å². The van der Waals surface area contributed by atoms with Crippen molar-refractivity contribution in [2.75, 3.05) is 18.4 Å². The van der Waals surface area contributed by atoms with Gasteiger partial charge in [-0.25, -0.2) is 0 Å². The first kappa shape index (κ1) is 17.2. The molecule has 1 aliphatic rings. The predicted molar refractivity (Wildman–Crippen MR) is 105 cm³/mol. The normalized spacial score (nSPS) is 14.5. The van der Waals surface area contributed by atoms with Crippen molar-refractivity contribution in [3.8, 4) is 0 Å². The van der Waals surface area contributed by atoms with Crippen LogP contribution in [0.15, 0.2) is 48.5 Å². The quantitative estimate of drug-likeness (QED) is 0.772. The molecule has 2 aromatic rings. The molecule has 0 unspecified atom stereocenters. The largest absolute Gasteiger partial charge is 0.358 e. The molecule has 2 N–H and O–H groups in total. The lowest BCUT2D eigenvalue weighted by Gasteiger charge is -2.15. The van der Waals surface area contributed by atoms with E-state index in [0.717, 1.165) is 12.2 Å². The number of rotatable bonds is 5. The van der Waals surface area contributed by atoms with Crippen LogP contribution in [0.1, 0.15) is 24.0 Å². The molecule has 0 spiro atoms. The Hall–Kier alpha value is -1.62. The molecule has 1 fully saturated rings. The van der Waals surface area contributed by atoms with Gasteiger partial charge in [0, 0.05) is 23.8 Å². The number of anilines is 1. The van der Waals surface area contributed by atoms with Crippen LogP contribution in [-0.4, -0.2) is 23.1 Å². The summed E-state index contributed by atoms with van der Waals surface area (Å²) in [6.45, 7) is 4.20. The monoisotopic (exact) mass is 359 g/mol. The first-order valence-corrected chi connectivity index (χ1v) is 9.08. The molecule has 0 saturated carbocycles. The van der Waals surface area contributed by atoms with Gasteiger partial charge in [-0.2, -0.15) is 0 Å². The number of nitrogens with zero attached hydrogens (tertiary/aromatic N) is 1. The van der Waals surface area contributed by atoms with Gasteiger partial charge in [-0.1, -0.05) is 35.9 Å². The van der Waals surface area contributed by atoms with E-state index in [4.69, 9.17) is 23.8 Å². The van der Waals surface area contributed by atoms with Crippen molar-refractivity contribution in [1.29, 1.82) is 0 Å². The van der Waals surface area contributed by atoms with E-state index >= 15 is 0 Å². The summed E-state index contributed by atoms with van der Waals surface area (Å²) in [4.78, 5) is 2.51. The third kappa shape index (κ3) is 5.20. The lowest BCUT2D eigenvalue weighted by Crippen LogP contribution is -2.28. The zero-order valence-corrected chi connectivity index (χ0v) is 15.2. The molecule has 0 bridgehead atoms. The van der Waals surface area contributed by atoms with Crippen molar-refractivity contribution >= 4 is 34.6 Å². The number of hydrogen-bond acceptors (Lipinski definition) is 2. The summed E-state index contributed by atoms with van der Waals surface area (Å²) in [7, 11) is 0. The van der Waals surface area contributed by atoms with E-state index in [1.54, 1.807) is 0 Å². The van der Waals surface area contributed by atoms with Crippen LogP contribution in [-0.2, 0) is 13.1 Å². The number of benzene rings is 2. The average Bonchev–Trinajstić information content (AvgIpc) is 3.08. The maximum absolute atomic E-state index is 5.89. The second-order valence-electron chi connectivity index (χ2n) is 6.12. The molecule has 0 radical (unpaired) electrons. The fraction of sp³-hybridized carbons (Fsp3) is 0.316. The van der Waals surface area contributed by atoms with Gasteiger partial charge in [0.15, 0.2) is 5.11 Å². The van der Waals surface area contributed by atoms with Crippen molar-refractivity contribution in [2.45, 2.75) is 25.9 Å². The molecule has 2 aromatic carbocycles. The van der Waals surface area contributed by atoms with Crippen LogP contribution in [0, 0.1) is 0 Å². The van der Waals surface area contributed by atoms with Crippen LogP contribution in [0.3, 0.4) is 0 Å². The summed E-state index contributed by atoms with van der Waals surface area (Å²) in [5.41, 5.74) is 3.54. The molecule has 126 valence electrons. The minimum Gasteiger partial charge on any atom is -0.358 e. The number of likely N-dealkylation sites (tertiary alicyclic amines) is 1. The highest BCUT2D eigenvalue weighted by molar-refractivity contribution is 7.80. The Bertz CT molecular complexity index is 681. The Morgan fingerprint density at radius 3 is 2.50 bits per heavy atom. The number of thiocarbonyl (C=S) groups is 1. The molecular weight excluding hydrogens is 338 g/mol. The molecule has 5 heteroatoms. The molecular formula is C19H22ClN3S. The van der Waals surface area contributed by atoms with E-state index in [1.165, 1.54) is 37.1 Å². The Balaban J connectivity index is 1.50. The standard InChI is InChI=1S/C19H22ClN3S/c20-17-6-8-18(9-7-17)22-19(24)21-13-15-4-3-5-16(12-15)14-23-10-1-2-11-23/h3-9,12H,1-2,10-11,13-14H2,(H2,21,22,24). The van der Waals surface area contributed by atoms with Crippen LogP contribution in [0.5, 0.6) is 0 Å². The van der Waals surface area contributed by atoms with E-state index in [-0.39, 0.29) is 0 Å². The van der Waals surface area contributed by atoms with Crippen molar-refractivity contribution in [1.82, 2.24) is 10.2 Å². The van der Waals surface area contributed by atoms with Crippen LogP contribution < -0.4 is 10.6 Å². The van der Waals surface area contributed by atoms with Crippen molar-refractivity contribution in [3.05, 3.63) is 64.7 Å². The first-order valence-electron chi connectivity index (χ1n) is 8.30. The average molecular weight is 360 g/mol. The lowest BCUT2D eigenvalue weighted by molar-refractivity contribution is 0.331. The van der Waals surface area contributed by atoms with E-state index in [0.29, 0.717) is 16.7 Å². The molecule has 0 atom stereocenters. The third-order valence-electron chi connectivity index (χ3n) is 4.15. The molecule has 3 rings (SSSR count). The highest BCUT2D eigenvalue weighted by Crippen LogP contribution is 2.15. The van der Waals surface area contributed by atoms with E-state index in [2.05, 4.69) is 39.8 Å². The molecule has 0 amide bonds. The van der Waals surface area contributed by atoms with E-state index in [9.17, 15) is 0 Å². The molecule has 3 nitrogen and oxygen atoms in total. The number of hydrogen-bond donors (Lipinski definition) is 2. The lowest BCUT2D eigenvalue weighted by atomic mass is 10.1. The van der Waals surface area contributed by atoms with E-state index in [1.807, 2.05) is 24.3 Å². The summed E-state index contributed by atoms with van der Waals surface area (Å²) in [5, 5.41) is 7.75. The zero-order chi connectivity index (χ0) is 16.8. The van der Waals surface area contributed by atoms with Crippen molar-refractivity contribution in [2.24, 2.45) is 0 Å². The van der Waals surface area contributed by atoms with Crippen molar-refractivity contribution in [3.63, 3.8) is 0 Å². The SMILES string of the molecule is S=C(NCc1cccc(CN2CCCC2)c1)Nc1ccc(Cl)cc1. The smallest absolute Gasteiger partial charge is 0.171 e. The second kappa shape index (κ2) is 8.47. The van der Waals surface area contributed by atoms with Gasteiger partial charge in [-0.05, 0) is 73.5 Å². The fourth-order valence-corrected chi connectivity index (χ4v) is 3.24. The second-order valence-corrected chi connectivity index (χ2v) is 6.96. The Kier molecular flexibility index (Phi) is 6.07. The molecule has 1 saturated heterocycles. The van der Waals surface area contributed by atoms with Gasteiger partial charge in [-0.3, -0.25) is 4.90 Å². The summed E-state index contributed by atoms with van der Waals surface area (Å²) < 4.78 is 0. The zero-order valence-electron chi connectivity index (χ0n) is 13.6. The summed E-state index contributed by atoms with van der Waals surface area (Å²) in [6, 6.07) is 16.2. The molecule has 0 aromatic heterocycles. The predicted octanol–water partition coefficient (Wildman–Crippen LogP) is 4.42. The Morgan fingerprint density at radius 2 is 1.75 bits per heavy atom. The highest BCUT2D eigenvalue weighted by atomic mass is 35.5.